The van der Waals surface area contributed by atoms with E-state index in [1.165, 1.54) is 11.3 Å². The summed E-state index contributed by atoms with van der Waals surface area (Å²) in [6, 6.07) is -0.0886. The molecule has 1 atom stereocenters. The maximum atomic E-state index is 12.2. The predicted octanol–water partition coefficient (Wildman–Crippen LogP) is 1.78. The molecule has 1 saturated carbocycles. The summed E-state index contributed by atoms with van der Waals surface area (Å²) in [5, 5.41) is 5.74. The van der Waals surface area contributed by atoms with Crippen LogP contribution in [0.4, 0.5) is 0 Å². The SMILES string of the molecule is CC(NC(=O)C1(C(N)=S)CCC1)c1nccs1. The minimum absolute atomic E-state index is 0.0565. The van der Waals surface area contributed by atoms with E-state index in [0.29, 0.717) is 4.99 Å². The van der Waals surface area contributed by atoms with E-state index in [1.54, 1.807) is 6.20 Å². The summed E-state index contributed by atoms with van der Waals surface area (Å²) in [6.45, 7) is 1.92. The van der Waals surface area contributed by atoms with Gasteiger partial charge in [-0.25, -0.2) is 4.98 Å². The number of carbonyl (C=O) groups excluding carboxylic acids is 1. The lowest BCUT2D eigenvalue weighted by Crippen LogP contribution is -2.53. The minimum atomic E-state index is -0.610. The van der Waals surface area contributed by atoms with Gasteiger partial charge in [-0.1, -0.05) is 18.6 Å². The Morgan fingerprint density at radius 1 is 1.71 bits per heavy atom. The molecule has 1 aromatic rings. The molecule has 0 bridgehead atoms. The molecular formula is C11H15N3OS2. The van der Waals surface area contributed by atoms with E-state index < -0.39 is 5.41 Å². The Labute approximate surface area is 110 Å². The van der Waals surface area contributed by atoms with Gasteiger partial charge >= 0.3 is 0 Å². The molecule has 1 amide bonds. The van der Waals surface area contributed by atoms with Crippen LogP contribution in [0.2, 0.25) is 0 Å². The second-order valence-corrected chi connectivity index (χ2v) is 5.73. The van der Waals surface area contributed by atoms with Crippen LogP contribution in [0.25, 0.3) is 0 Å². The van der Waals surface area contributed by atoms with Crippen molar-refractivity contribution in [1.82, 2.24) is 10.3 Å². The summed E-state index contributed by atoms with van der Waals surface area (Å²) < 4.78 is 0. The van der Waals surface area contributed by atoms with Crippen LogP contribution in [0.15, 0.2) is 11.6 Å². The number of thiazole rings is 1. The van der Waals surface area contributed by atoms with Crippen molar-refractivity contribution in [3.05, 3.63) is 16.6 Å². The van der Waals surface area contributed by atoms with Gasteiger partial charge in [-0.15, -0.1) is 11.3 Å². The monoisotopic (exact) mass is 269 g/mol. The van der Waals surface area contributed by atoms with Gasteiger partial charge in [0.15, 0.2) is 0 Å². The molecule has 0 aromatic carbocycles. The van der Waals surface area contributed by atoms with Crippen molar-refractivity contribution in [2.45, 2.75) is 32.2 Å². The second kappa shape index (κ2) is 4.70. The van der Waals surface area contributed by atoms with Crippen LogP contribution in [-0.2, 0) is 4.79 Å². The molecule has 1 aliphatic rings. The van der Waals surface area contributed by atoms with Crippen LogP contribution in [-0.4, -0.2) is 15.9 Å². The van der Waals surface area contributed by atoms with Crippen molar-refractivity contribution in [1.29, 1.82) is 0 Å². The molecule has 4 nitrogen and oxygen atoms in total. The Bertz CT molecular complexity index is 426. The highest BCUT2D eigenvalue weighted by atomic mass is 32.1. The molecule has 0 radical (unpaired) electrons. The smallest absolute Gasteiger partial charge is 0.233 e. The van der Waals surface area contributed by atoms with Gasteiger partial charge in [0.1, 0.15) is 5.01 Å². The first-order chi connectivity index (χ1) is 8.06. The molecule has 1 fully saturated rings. The van der Waals surface area contributed by atoms with E-state index in [9.17, 15) is 4.79 Å². The van der Waals surface area contributed by atoms with Crippen molar-refractivity contribution in [3.8, 4) is 0 Å². The molecule has 1 aliphatic carbocycles. The summed E-state index contributed by atoms with van der Waals surface area (Å²) in [5.41, 5.74) is 5.08. The molecule has 0 saturated heterocycles. The first kappa shape index (κ1) is 12.4. The zero-order valence-corrected chi connectivity index (χ0v) is 11.2. The van der Waals surface area contributed by atoms with Gasteiger partial charge in [-0.3, -0.25) is 4.79 Å². The van der Waals surface area contributed by atoms with Crippen molar-refractivity contribution in [2.75, 3.05) is 0 Å². The maximum Gasteiger partial charge on any atom is 0.233 e. The van der Waals surface area contributed by atoms with E-state index in [4.69, 9.17) is 18.0 Å². The first-order valence-corrected chi connectivity index (χ1v) is 6.85. The Kier molecular flexibility index (Phi) is 3.44. The normalized spacial score (nSPS) is 19.1. The third kappa shape index (κ3) is 2.19. The van der Waals surface area contributed by atoms with E-state index >= 15 is 0 Å². The average Bonchev–Trinajstić information content (AvgIpc) is 2.66. The maximum absolute atomic E-state index is 12.2. The fourth-order valence-corrected chi connectivity index (χ4v) is 2.90. The molecule has 3 N–H and O–H groups in total. The number of aromatic nitrogens is 1. The summed E-state index contributed by atoms with van der Waals surface area (Å²) in [7, 11) is 0. The number of nitrogens with two attached hydrogens (primary N) is 1. The van der Waals surface area contributed by atoms with Crippen LogP contribution < -0.4 is 11.1 Å². The highest BCUT2D eigenvalue weighted by Gasteiger charge is 2.47. The molecule has 6 heteroatoms. The van der Waals surface area contributed by atoms with Crippen molar-refractivity contribution < 1.29 is 4.79 Å². The van der Waals surface area contributed by atoms with Crippen LogP contribution in [0.3, 0.4) is 0 Å². The molecule has 17 heavy (non-hydrogen) atoms. The highest BCUT2D eigenvalue weighted by Crippen LogP contribution is 2.41. The number of nitrogens with zero attached hydrogens (tertiary/aromatic N) is 1. The number of carbonyl (C=O) groups is 1. The lowest BCUT2D eigenvalue weighted by molar-refractivity contribution is -0.131. The summed E-state index contributed by atoms with van der Waals surface area (Å²) >= 11 is 6.54. The first-order valence-electron chi connectivity index (χ1n) is 5.56. The summed E-state index contributed by atoms with van der Waals surface area (Å²) in [5.74, 6) is -0.0565. The van der Waals surface area contributed by atoms with Gasteiger partial charge in [-0.05, 0) is 19.8 Å². The quantitative estimate of drug-likeness (QED) is 0.818. The second-order valence-electron chi connectivity index (χ2n) is 4.37. The number of hydrogen-bond donors (Lipinski definition) is 2. The zero-order valence-electron chi connectivity index (χ0n) is 9.60. The molecule has 92 valence electrons. The van der Waals surface area contributed by atoms with Gasteiger partial charge in [-0.2, -0.15) is 0 Å². The molecule has 1 aromatic heterocycles. The molecular weight excluding hydrogens is 254 g/mol. The van der Waals surface area contributed by atoms with E-state index in [2.05, 4.69) is 10.3 Å². The Balaban J connectivity index is 2.04. The van der Waals surface area contributed by atoms with Crippen LogP contribution in [0, 0.1) is 5.41 Å². The molecule has 0 spiro atoms. The minimum Gasteiger partial charge on any atom is -0.392 e. The Morgan fingerprint density at radius 2 is 2.41 bits per heavy atom. The fourth-order valence-electron chi connectivity index (χ4n) is 1.96. The number of thiocarbonyl (C=S) groups is 1. The largest absolute Gasteiger partial charge is 0.392 e. The van der Waals surface area contributed by atoms with E-state index in [0.717, 1.165) is 24.3 Å². The summed E-state index contributed by atoms with van der Waals surface area (Å²) in [4.78, 5) is 16.7. The fraction of sp³-hybridized carbons (Fsp3) is 0.545. The average molecular weight is 269 g/mol. The molecule has 1 unspecified atom stereocenters. The third-order valence-electron chi connectivity index (χ3n) is 3.28. The van der Waals surface area contributed by atoms with Crippen LogP contribution in [0.1, 0.15) is 37.2 Å². The van der Waals surface area contributed by atoms with E-state index in [1.807, 2.05) is 12.3 Å². The number of hydrogen-bond acceptors (Lipinski definition) is 4. The van der Waals surface area contributed by atoms with Crippen molar-refractivity contribution in [2.24, 2.45) is 11.1 Å². The van der Waals surface area contributed by atoms with Gasteiger partial charge < -0.3 is 11.1 Å². The van der Waals surface area contributed by atoms with Gasteiger partial charge in [0.2, 0.25) is 5.91 Å². The third-order valence-corrected chi connectivity index (χ3v) is 4.63. The number of amides is 1. The van der Waals surface area contributed by atoms with E-state index in [-0.39, 0.29) is 11.9 Å². The van der Waals surface area contributed by atoms with Crippen molar-refractivity contribution in [3.63, 3.8) is 0 Å². The predicted molar refractivity (Wildman–Crippen MR) is 71.7 cm³/mol. The van der Waals surface area contributed by atoms with Crippen molar-refractivity contribution >= 4 is 34.5 Å². The molecule has 2 rings (SSSR count). The van der Waals surface area contributed by atoms with Crippen LogP contribution in [0.5, 0.6) is 0 Å². The number of rotatable bonds is 4. The topological polar surface area (TPSA) is 68.0 Å². The van der Waals surface area contributed by atoms with Crippen LogP contribution >= 0.6 is 23.6 Å². The standard InChI is InChI=1S/C11H15N3OS2/c1-7(8-13-5-6-17-8)14-10(15)11(9(12)16)3-2-4-11/h5-7H,2-4H2,1H3,(H2,12,16)(H,14,15). The van der Waals surface area contributed by atoms with Gasteiger partial charge in [0.05, 0.1) is 16.4 Å². The lowest BCUT2D eigenvalue weighted by Gasteiger charge is -2.39. The molecule has 1 heterocycles. The Morgan fingerprint density at radius 3 is 2.82 bits per heavy atom. The van der Waals surface area contributed by atoms with Gasteiger partial charge in [0, 0.05) is 11.6 Å². The lowest BCUT2D eigenvalue weighted by atomic mass is 9.68. The molecule has 0 aliphatic heterocycles. The Hall–Kier alpha value is -1.01. The summed E-state index contributed by atoms with van der Waals surface area (Å²) in [6.07, 6.45) is 4.27. The van der Waals surface area contributed by atoms with Gasteiger partial charge in [0.25, 0.3) is 0 Å². The zero-order chi connectivity index (χ0) is 12.5. The number of nitrogens with one attached hydrogen (secondary N) is 1. The highest BCUT2D eigenvalue weighted by molar-refractivity contribution is 7.80.